The fraction of sp³-hybridized carbons (Fsp3) is 0.966. The largest absolute Gasteiger partial charge is 0.342 e. The highest BCUT2D eigenvalue weighted by atomic mass is 16.2. The molecule has 0 aromatic carbocycles. The van der Waals surface area contributed by atoms with Crippen molar-refractivity contribution < 1.29 is 4.79 Å². The van der Waals surface area contributed by atoms with E-state index >= 15 is 0 Å². The molecule has 1 heterocycles. The monoisotopic (exact) mass is 429 g/mol. The zero-order chi connectivity index (χ0) is 22.6. The number of amides is 1. The van der Waals surface area contributed by atoms with Gasteiger partial charge >= 0.3 is 0 Å². The van der Waals surface area contributed by atoms with Crippen molar-refractivity contribution in [2.75, 3.05) is 7.05 Å². The summed E-state index contributed by atoms with van der Waals surface area (Å²) in [5, 5.41) is 0. The van der Waals surface area contributed by atoms with Gasteiger partial charge in [-0.15, -0.1) is 0 Å². The average Bonchev–Trinajstić information content (AvgIpc) is 3.08. The predicted octanol–water partition coefficient (Wildman–Crippen LogP) is 7.56. The van der Waals surface area contributed by atoms with Gasteiger partial charge in [-0.25, -0.2) is 0 Å². The Bertz CT molecular complexity index is 657. The number of nitrogens with zero attached hydrogens (tertiary/aromatic N) is 1. The first-order chi connectivity index (χ1) is 14.6. The second-order valence-electron chi connectivity index (χ2n) is 13.3. The normalized spacial score (nSPS) is 45.9. The van der Waals surface area contributed by atoms with Gasteiger partial charge in [0.2, 0.25) is 5.91 Å². The first kappa shape index (κ1) is 23.6. The number of carbonyl (C=O) groups excluding carboxylic acids is 1. The third-order valence-corrected chi connectivity index (χ3v) is 11.5. The lowest BCUT2D eigenvalue weighted by atomic mass is 9.44. The minimum absolute atomic E-state index is 0.349. The molecule has 9 atom stereocenters. The molecule has 4 aliphatic rings. The number of hydrogen-bond acceptors (Lipinski definition) is 1. The highest BCUT2D eigenvalue weighted by molar-refractivity contribution is 5.77. The Labute approximate surface area is 193 Å². The fourth-order valence-electron chi connectivity index (χ4n) is 9.72. The molecule has 1 saturated heterocycles. The summed E-state index contributed by atoms with van der Waals surface area (Å²) in [6, 6.07) is 0.483. The maximum absolute atomic E-state index is 12.6. The molecule has 1 aliphatic heterocycles. The van der Waals surface area contributed by atoms with Crippen LogP contribution in [-0.4, -0.2) is 23.9 Å². The quantitative estimate of drug-likeness (QED) is 0.426. The summed E-state index contributed by atoms with van der Waals surface area (Å²) in [5.74, 6) is 6.54. The molecular formula is C29H51NO. The molecule has 4 fully saturated rings. The first-order valence-corrected chi connectivity index (χ1v) is 13.9. The minimum atomic E-state index is 0.349. The maximum atomic E-state index is 12.6. The zero-order valence-electron chi connectivity index (χ0n) is 21.8. The van der Waals surface area contributed by atoms with E-state index in [4.69, 9.17) is 0 Å². The van der Waals surface area contributed by atoms with Crippen molar-refractivity contribution >= 4 is 5.91 Å². The van der Waals surface area contributed by atoms with Crippen LogP contribution in [0.4, 0.5) is 0 Å². The Morgan fingerprint density at radius 3 is 2.39 bits per heavy atom. The molecule has 2 nitrogen and oxygen atoms in total. The van der Waals surface area contributed by atoms with Gasteiger partial charge in [-0.3, -0.25) is 4.79 Å². The van der Waals surface area contributed by atoms with E-state index in [2.05, 4.69) is 53.5 Å². The van der Waals surface area contributed by atoms with Crippen LogP contribution in [0.15, 0.2) is 0 Å². The van der Waals surface area contributed by atoms with Crippen LogP contribution in [0.1, 0.15) is 112 Å². The Morgan fingerprint density at radius 2 is 1.71 bits per heavy atom. The molecule has 0 N–H and O–H groups in total. The Hall–Kier alpha value is -0.530. The van der Waals surface area contributed by atoms with Crippen LogP contribution in [0.5, 0.6) is 0 Å². The number of hydrogen-bond donors (Lipinski definition) is 0. The van der Waals surface area contributed by atoms with Crippen LogP contribution < -0.4 is 0 Å². The summed E-state index contributed by atoms with van der Waals surface area (Å²) in [4.78, 5) is 14.7. The van der Waals surface area contributed by atoms with Gasteiger partial charge in [-0.05, 0) is 90.8 Å². The van der Waals surface area contributed by atoms with E-state index in [0.717, 1.165) is 54.3 Å². The van der Waals surface area contributed by atoms with Crippen LogP contribution in [0.3, 0.4) is 0 Å². The lowest BCUT2D eigenvalue weighted by Gasteiger charge is -2.64. The predicted molar refractivity (Wildman–Crippen MR) is 131 cm³/mol. The van der Waals surface area contributed by atoms with E-state index in [1.165, 1.54) is 57.8 Å². The number of rotatable bonds is 6. The smallest absolute Gasteiger partial charge is 0.222 e. The molecule has 0 bridgehead atoms. The molecule has 0 spiro atoms. The lowest BCUT2D eigenvalue weighted by molar-refractivity contribution is -0.169. The Kier molecular flexibility index (Phi) is 6.61. The molecule has 3 saturated carbocycles. The molecule has 0 radical (unpaired) electrons. The van der Waals surface area contributed by atoms with Crippen molar-refractivity contribution in [3.63, 3.8) is 0 Å². The SMILES string of the molecule is CCC1C[C@H]2N(C)C(=O)CC[C@]2(C)[C@H]2CC[C@]3(C)[C@@H]([C@H](C)CCCC(C)C)CC[C@H]3[C@H]12. The van der Waals surface area contributed by atoms with E-state index in [1.807, 2.05) is 0 Å². The molecule has 2 heteroatoms. The van der Waals surface area contributed by atoms with Crippen molar-refractivity contribution in [3.05, 3.63) is 0 Å². The Balaban J connectivity index is 1.56. The molecule has 3 aliphatic carbocycles. The molecule has 1 unspecified atom stereocenters. The van der Waals surface area contributed by atoms with E-state index < -0.39 is 0 Å². The molecule has 178 valence electrons. The van der Waals surface area contributed by atoms with E-state index in [0.29, 0.717) is 22.8 Å². The van der Waals surface area contributed by atoms with Crippen molar-refractivity contribution in [2.24, 2.45) is 52.3 Å². The molecule has 0 aromatic rings. The van der Waals surface area contributed by atoms with Gasteiger partial charge in [0.05, 0.1) is 0 Å². The van der Waals surface area contributed by atoms with Gasteiger partial charge in [0, 0.05) is 19.5 Å². The fourth-order valence-corrected chi connectivity index (χ4v) is 9.72. The summed E-state index contributed by atoms with van der Waals surface area (Å²) in [7, 11) is 2.11. The van der Waals surface area contributed by atoms with Crippen LogP contribution in [0.2, 0.25) is 0 Å². The lowest BCUT2D eigenvalue weighted by Crippen LogP contribution is -2.63. The minimum Gasteiger partial charge on any atom is -0.342 e. The van der Waals surface area contributed by atoms with E-state index in [9.17, 15) is 4.79 Å². The summed E-state index contributed by atoms with van der Waals surface area (Å²) in [6.45, 7) is 15.0. The molecule has 0 aromatic heterocycles. The highest BCUT2D eigenvalue weighted by Gasteiger charge is 2.63. The topological polar surface area (TPSA) is 20.3 Å². The van der Waals surface area contributed by atoms with Crippen LogP contribution in [-0.2, 0) is 4.79 Å². The average molecular weight is 430 g/mol. The highest BCUT2D eigenvalue weighted by Crippen LogP contribution is 2.68. The molecule has 31 heavy (non-hydrogen) atoms. The van der Waals surface area contributed by atoms with Gasteiger partial charge in [-0.1, -0.05) is 67.2 Å². The van der Waals surface area contributed by atoms with E-state index in [-0.39, 0.29) is 0 Å². The molecule has 1 amide bonds. The van der Waals surface area contributed by atoms with Gasteiger partial charge in [0.25, 0.3) is 0 Å². The third-order valence-electron chi connectivity index (χ3n) is 11.5. The van der Waals surface area contributed by atoms with Crippen LogP contribution in [0.25, 0.3) is 0 Å². The van der Waals surface area contributed by atoms with Gasteiger partial charge < -0.3 is 4.90 Å². The van der Waals surface area contributed by atoms with Crippen molar-refractivity contribution in [1.29, 1.82) is 0 Å². The summed E-state index contributed by atoms with van der Waals surface area (Å²) >= 11 is 0. The number of carbonyl (C=O) groups is 1. The van der Waals surface area contributed by atoms with Crippen LogP contribution in [0, 0.1) is 52.3 Å². The van der Waals surface area contributed by atoms with Crippen LogP contribution >= 0.6 is 0 Å². The third kappa shape index (κ3) is 3.80. The standard InChI is InChI=1S/C29H51NO/c1-8-21-18-25-29(6,17-15-26(31)30(25)7)24-14-16-28(5)22(12-13-23(28)27(21)24)20(4)11-9-10-19(2)3/h19-25,27H,8-18H2,1-7H3/t20-,21?,22-,23+,24+,25-,27+,28-,29-/m1/s1. The van der Waals surface area contributed by atoms with Crippen molar-refractivity contribution in [3.8, 4) is 0 Å². The van der Waals surface area contributed by atoms with Gasteiger partial charge in [0.1, 0.15) is 0 Å². The number of fused-ring (bicyclic) bond motifs is 5. The first-order valence-electron chi connectivity index (χ1n) is 13.9. The van der Waals surface area contributed by atoms with Gasteiger partial charge in [-0.2, -0.15) is 0 Å². The number of piperidine rings is 1. The molecule has 4 rings (SSSR count). The summed E-state index contributed by atoms with van der Waals surface area (Å²) in [5.41, 5.74) is 0.909. The maximum Gasteiger partial charge on any atom is 0.222 e. The summed E-state index contributed by atoms with van der Waals surface area (Å²) < 4.78 is 0. The molecular weight excluding hydrogens is 378 g/mol. The Morgan fingerprint density at radius 1 is 1.00 bits per heavy atom. The second kappa shape index (κ2) is 8.68. The van der Waals surface area contributed by atoms with Crippen molar-refractivity contribution in [2.45, 2.75) is 118 Å². The zero-order valence-corrected chi connectivity index (χ0v) is 21.8. The van der Waals surface area contributed by atoms with Gasteiger partial charge in [0.15, 0.2) is 0 Å². The van der Waals surface area contributed by atoms with E-state index in [1.54, 1.807) is 0 Å². The summed E-state index contributed by atoms with van der Waals surface area (Å²) in [6.07, 6.45) is 14.5. The number of likely N-dealkylation sites (tertiary alicyclic amines) is 1. The van der Waals surface area contributed by atoms with Crippen molar-refractivity contribution in [1.82, 2.24) is 4.90 Å². The second-order valence-corrected chi connectivity index (χ2v) is 13.3.